The zero-order valence-electron chi connectivity index (χ0n) is 25.3. The minimum atomic E-state index is -4.36. The molecule has 11 heteroatoms. The van der Waals surface area contributed by atoms with Crippen LogP contribution in [0.4, 0.5) is 23.5 Å². The summed E-state index contributed by atoms with van der Waals surface area (Å²) in [5, 5.41) is 3.53. The molecule has 1 aliphatic heterocycles. The Balaban J connectivity index is 1.17. The average molecular weight is 626 g/mol. The summed E-state index contributed by atoms with van der Waals surface area (Å²) in [6.07, 6.45) is -1.80. The Bertz CT molecular complexity index is 1520. The van der Waals surface area contributed by atoms with Crippen LogP contribution >= 0.6 is 0 Å². The van der Waals surface area contributed by atoms with E-state index in [1.165, 1.54) is 12.1 Å². The number of likely N-dealkylation sites (N-methyl/N-ethyl adjacent to an activating group) is 1. The molecule has 5 rings (SSSR count). The maximum absolute atomic E-state index is 13.7. The number of nitrogens with zero attached hydrogens (tertiary/aromatic N) is 4. The summed E-state index contributed by atoms with van der Waals surface area (Å²) in [5.74, 6) is 0.335. The number of nitrogens with one attached hydrogen (secondary N) is 1. The highest BCUT2D eigenvalue weighted by atomic mass is 19.4. The number of anilines is 1. The van der Waals surface area contributed by atoms with E-state index in [0.717, 1.165) is 55.5 Å². The molecule has 3 aromatic carbocycles. The molecule has 0 saturated carbocycles. The number of aromatic nitrogens is 2. The van der Waals surface area contributed by atoms with Crippen LogP contribution in [0, 0.1) is 5.82 Å². The Labute approximate surface area is 260 Å². The first kappa shape index (κ1) is 32.4. The van der Waals surface area contributed by atoms with Gasteiger partial charge in [-0.1, -0.05) is 42.5 Å². The zero-order valence-corrected chi connectivity index (χ0v) is 25.3. The number of carbonyl (C=O) groups excluding carboxylic acids is 1. The molecule has 0 spiro atoms. The Kier molecular flexibility index (Phi) is 10.7. The summed E-state index contributed by atoms with van der Waals surface area (Å²) >= 11 is 0. The topological polar surface area (TPSA) is 62.6 Å². The van der Waals surface area contributed by atoms with Crippen LogP contribution in [0.25, 0.3) is 11.0 Å². The quantitative estimate of drug-likeness (QED) is 0.134. The lowest BCUT2D eigenvalue weighted by Gasteiger charge is -2.34. The Morgan fingerprint density at radius 2 is 1.69 bits per heavy atom. The standard InChI is InChI=1S/C34H39F4N5O2/c1-41(32(44)26-7-3-2-4-8-26)23-27(25-11-13-28(35)14-12-25)15-18-42-19-16-29(17-20-42)39-33-40-30-9-5-6-10-31(30)43(33)21-22-45-24-34(36,37)38/h2-14,27,29H,15-24H2,1H3,(H,39,40). The maximum atomic E-state index is 13.7. The largest absolute Gasteiger partial charge is 0.411 e. The van der Waals surface area contributed by atoms with Crippen molar-refractivity contribution in [3.05, 3.63) is 95.8 Å². The van der Waals surface area contributed by atoms with Crippen molar-refractivity contribution in [2.45, 2.75) is 43.9 Å². The monoisotopic (exact) mass is 625 g/mol. The Hall–Kier alpha value is -3.96. The third-order valence-corrected chi connectivity index (χ3v) is 8.30. The number of amides is 1. The van der Waals surface area contributed by atoms with Gasteiger partial charge in [-0.3, -0.25) is 4.79 Å². The van der Waals surface area contributed by atoms with Crippen molar-refractivity contribution in [2.75, 3.05) is 51.8 Å². The SMILES string of the molecule is CN(CC(CCN1CCC(Nc2nc3ccccc3n2CCOCC(F)(F)F)CC1)c1ccc(F)cc1)C(=O)c1ccccc1. The van der Waals surface area contributed by atoms with E-state index < -0.39 is 12.8 Å². The summed E-state index contributed by atoms with van der Waals surface area (Å²) in [4.78, 5) is 21.9. The fourth-order valence-corrected chi connectivity index (χ4v) is 5.89. The molecule has 1 saturated heterocycles. The number of rotatable bonds is 13. The first-order chi connectivity index (χ1) is 21.7. The van der Waals surface area contributed by atoms with E-state index in [0.29, 0.717) is 18.1 Å². The number of hydrogen-bond donors (Lipinski definition) is 1. The van der Waals surface area contributed by atoms with Gasteiger partial charge in [-0.25, -0.2) is 9.37 Å². The van der Waals surface area contributed by atoms with Crippen molar-refractivity contribution in [1.29, 1.82) is 0 Å². The van der Waals surface area contributed by atoms with Crippen LogP contribution < -0.4 is 5.32 Å². The molecule has 7 nitrogen and oxygen atoms in total. The van der Waals surface area contributed by atoms with Crippen molar-refractivity contribution in [2.24, 2.45) is 0 Å². The lowest BCUT2D eigenvalue weighted by Crippen LogP contribution is -2.40. The third kappa shape index (κ3) is 9.04. The molecule has 4 aromatic rings. The molecule has 0 radical (unpaired) electrons. The first-order valence-electron chi connectivity index (χ1n) is 15.3. The van der Waals surface area contributed by atoms with Crippen LogP contribution in [0.1, 0.15) is 41.1 Å². The minimum absolute atomic E-state index is 0.0404. The highest BCUT2D eigenvalue weighted by Gasteiger charge is 2.28. The summed E-state index contributed by atoms with van der Waals surface area (Å²) in [7, 11) is 1.80. The van der Waals surface area contributed by atoms with Gasteiger partial charge in [-0.2, -0.15) is 13.2 Å². The van der Waals surface area contributed by atoms with Gasteiger partial charge in [0.25, 0.3) is 5.91 Å². The smallest absolute Gasteiger partial charge is 0.370 e. The number of benzene rings is 3. The predicted molar refractivity (Wildman–Crippen MR) is 167 cm³/mol. The van der Waals surface area contributed by atoms with Gasteiger partial charge < -0.3 is 24.4 Å². The Morgan fingerprint density at radius 1 is 1.00 bits per heavy atom. The molecular weight excluding hydrogens is 586 g/mol. The van der Waals surface area contributed by atoms with Gasteiger partial charge in [0.15, 0.2) is 0 Å². The summed E-state index contributed by atoms with van der Waals surface area (Å²) < 4.78 is 58.1. The fourth-order valence-electron chi connectivity index (χ4n) is 5.89. The van der Waals surface area contributed by atoms with Crippen LogP contribution in [-0.2, 0) is 11.3 Å². The number of likely N-dealkylation sites (tertiary alicyclic amines) is 1. The molecule has 0 bridgehead atoms. The molecule has 240 valence electrons. The molecule has 0 aliphatic carbocycles. The molecule has 1 aliphatic rings. The van der Waals surface area contributed by atoms with Crippen LogP contribution in [0.3, 0.4) is 0 Å². The Morgan fingerprint density at radius 3 is 2.40 bits per heavy atom. The van der Waals surface area contributed by atoms with Crippen molar-refractivity contribution >= 4 is 22.9 Å². The normalized spacial score (nSPS) is 15.3. The van der Waals surface area contributed by atoms with E-state index in [1.54, 1.807) is 36.2 Å². The molecule has 1 N–H and O–H groups in total. The maximum Gasteiger partial charge on any atom is 0.411 e. The first-order valence-corrected chi connectivity index (χ1v) is 15.3. The number of ether oxygens (including phenoxy) is 1. The highest BCUT2D eigenvalue weighted by molar-refractivity contribution is 5.94. The predicted octanol–water partition coefficient (Wildman–Crippen LogP) is 6.58. The van der Waals surface area contributed by atoms with Gasteiger partial charge in [0.05, 0.1) is 17.6 Å². The van der Waals surface area contributed by atoms with Crippen molar-refractivity contribution < 1.29 is 27.1 Å². The number of halogens is 4. The summed E-state index contributed by atoms with van der Waals surface area (Å²) in [6, 6.07) is 23.4. The lowest BCUT2D eigenvalue weighted by atomic mass is 9.94. The van der Waals surface area contributed by atoms with Gasteiger partial charge in [-0.05, 0) is 67.8 Å². The van der Waals surface area contributed by atoms with Gasteiger partial charge in [-0.15, -0.1) is 0 Å². The van der Waals surface area contributed by atoms with E-state index in [4.69, 9.17) is 9.72 Å². The minimum Gasteiger partial charge on any atom is -0.370 e. The zero-order chi connectivity index (χ0) is 31.8. The van der Waals surface area contributed by atoms with Gasteiger partial charge in [0.1, 0.15) is 12.4 Å². The van der Waals surface area contributed by atoms with E-state index in [9.17, 15) is 22.4 Å². The summed E-state index contributed by atoms with van der Waals surface area (Å²) in [5.41, 5.74) is 3.25. The van der Waals surface area contributed by atoms with E-state index in [-0.39, 0.29) is 36.8 Å². The van der Waals surface area contributed by atoms with Crippen LogP contribution in [-0.4, -0.2) is 83.9 Å². The molecule has 1 fully saturated rings. The van der Waals surface area contributed by atoms with Crippen LogP contribution in [0.5, 0.6) is 0 Å². The highest BCUT2D eigenvalue weighted by Crippen LogP contribution is 2.26. The van der Waals surface area contributed by atoms with E-state index in [1.807, 2.05) is 47.0 Å². The molecule has 1 aromatic heterocycles. The molecular formula is C34H39F4N5O2. The van der Waals surface area contributed by atoms with Crippen molar-refractivity contribution in [1.82, 2.24) is 19.4 Å². The molecule has 2 heterocycles. The number of carbonyl (C=O) groups is 1. The number of imidazole rings is 1. The van der Waals surface area contributed by atoms with Gasteiger partial charge >= 0.3 is 6.18 Å². The van der Waals surface area contributed by atoms with Crippen LogP contribution in [0.15, 0.2) is 78.9 Å². The summed E-state index contributed by atoms with van der Waals surface area (Å²) in [6.45, 7) is 1.97. The van der Waals surface area contributed by atoms with Gasteiger partial charge in [0, 0.05) is 50.7 Å². The molecule has 1 amide bonds. The number of piperidine rings is 1. The van der Waals surface area contributed by atoms with Crippen molar-refractivity contribution in [3.63, 3.8) is 0 Å². The second-order valence-electron chi connectivity index (χ2n) is 11.6. The number of alkyl halides is 3. The van der Waals surface area contributed by atoms with E-state index in [2.05, 4.69) is 10.2 Å². The molecule has 1 atom stereocenters. The molecule has 1 unspecified atom stereocenters. The average Bonchev–Trinajstić information content (AvgIpc) is 3.38. The van der Waals surface area contributed by atoms with Gasteiger partial charge in [0.2, 0.25) is 5.95 Å². The lowest BCUT2D eigenvalue weighted by molar-refractivity contribution is -0.174. The number of para-hydroxylation sites is 2. The second kappa shape index (κ2) is 14.9. The fraction of sp³-hybridized carbons (Fsp3) is 0.412. The van der Waals surface area contributed by atoms with E-state index >= 15 is 0 Å². The second-order valence-corrected chi connectivity index (χ2v) is 11.6. The molecule has 45 heavy (non-hydrogen) atoms. The van der Waals surface area contributed by atoms with Crippen LogP contribution in [0.2, 0.25) is 0 Å². The van der Waals surface area contributed by atoms with Crippen molar-refractivity contribution in [3.8, 4) is 0 Å². The third-order valence-electron chi connectivity index (χ3n) is 8.30. The number of fused-ring (bicyclic) bond motifs is 1. The number of hydrogen-bond acceptors (Lipinski definition) is 5.